The van der Waals surface area contributed by atoms with Gasteiger partial charge in [-0.1, -0.05) is 70.5 Å². The van der Waals surface area contributed by atoms with Crippen molar-refractivity contribution in [3.63, 3.8) is 0 Å². The lowest BCUT2D eigenvalue weighted by molar-refractivity contribution is -0.134. The summed E-state index contributed by atoms with van der Waals surface area (Å²) in [5.74, 6) is -2.19. The van der Waals surface area contributed by atoms with Gasteiger partial charge in [0, 0.05) is 23.0 Å². The Balaban J connectivity index is 1.31. The van der Waals surface area contributed by atoms with E-state index in [1.807, 2.05) is 24.3 Å². The van der Waals surface area contributed by atoms with Crippen LogP contribution in [0.2, 0.25) is 0 Å². The van der Waals surface area contributed by atoms with Crippen LogP contribution in [-0.2, 0) is 30.9 Å². The SMILES string of the molecule is O=C(CC1=NN=C(c2ccc(Br)cc2)C1)C(=O)Nc1ccc(CC(=O)C(c2ccccc2)S(=O)(=O)O)cc1. The molecule has 1 unspecified atom stereocenters. The summed E-state index contributed by atoms with van der Waals surface area (Å²) in [6.07, 6.45) is -0.0532. The molecule has 0 saturated carbocycles. The Hall–Kier alpha value is -3.80. The van der Waals surface area contributed by atoms with Gasteiger partial charge < -0.3 is 5.32 Å². The molecule has 1 aliphatic rings. The highest BCUT2D eigenvalue weighted by Gasteiger charge is 2.32. The van der Waals surface area contributed by atoms with Gasteiger partial charge in [-0.2, -0.15) is 18.6 Å². The zero-order chi connectivity index (χ0) is 27.3. The van der Waals surface area contributed by atoms with Crippen LogP contribution in [0.25, 0.3) is 0 Å². The molecule has 0 saturated heterocycles. The van der Waals surface area contributed by atoms with Crippen molar-refractivity contribution < 1.29 is 27.4 Å². The third-order valence-corrected chi connectivity index (χ3v) is 7.42. The van der Waals surface area contributed by atoms with E-state index in [0.717, 1.165) is 10.0 Å². The minimum Gasteiger partial charge on any atom is -0.319 e. The predicted octanol–water partition coefficient (Wildman–Crippen LogP) is 4.34. The number of carbonyl (C=O) groups excluding carboxylic acids is 3. The van der Waals surface area contributed by atoms with E-state index in [-0.39, 0.29) is 18.4 Å². The Bertz CT molecular complexity index is 1530. The topological polar surface area (TPSA) is 142 Å². The molecule has 1 atom stereocenters. The molecule has 0 aromatic heterocycles. The lowest BCUT2D eigenvalue weighted by Crippen LogP contribution is -2.25. The molecule has 4 rings (SSSR count). The molecule has 1 aliphatic heterocycles. The second-order valence-electron chi connectivity index (χ2n) is 8.60. The molecule has 0 spiro atoms. The lowest BCUT2D eigenvalue weighted by atomic mass is 10.0. The monoisotopic (exact) mass is 595 g/mol. The first-order chi connectivity index (χ1) is 18.1. The van der Waals surface area contributed by atoms with Gasteiger partial charge in [0.1, 0.15) is 0 Å². The Morgan fingerprint density at radius 3 is 2.18 bits per heavy atom. The average Bonchev–Trinajstić information content (AvgIpc) is 3.34. The number of benzene rings is 3. The van der Waals surface area contributed by atoms with Crippen LogP contribution < -0.4 is 5.32 Å². The Kier molecular flexibility index (Phi) is 8.40. The third kappa shape index (κ3) is 6.94. The fourth-order valence-corrected chi connectivity index (χ4v) is 5.09. The van der Waals surface area contributed by atoms with Crippen LogP contribution >= 0.6 is 15.9 Å². The second kappa shape index (κ2) is 11.7. The summed E-state index contributed by atoms with van der Waals surface area (Å²) in [7, 11) is -4.67. The van der Waals surface area contributed by atoms with Gasteiger partial charge in [-0.3, -0.25) is 18.9 Å². The minimum absolute atomic E-state index is 0.168. The number of Topliss-reactive ketones (excluding diaryl/α,β-unsaturated/α-hetero) is 2. The molecule has 9 nitrogen and oxygen atoms in total. The standard InChI is InChI=1S/C27H22BrN3O6S/c28-20-10-8-18(9-11-20)23-15-22(30-31-23)16-25(33)27(34)29-21-12-6-17(7-13-21)14-24(32)26(38(35,36)37)19-4-2-1-3-5-19/h1-13,26H,14-16H2,(H,29,34)(H,35,36,37). The maximum atomic E-state index is 12.7. The summed E-state index contributed by atoms with van der Waals surface area (Å²) in [4.78, 5) is 37.6. The number of nitrogens with one attached hydrogen (secondary N) is 1. The first-order valence-electron chi connectivity index (χ1n) is 11.5. The van der Waals surface area contributed by atoms with E-state index >= 15 is 0 Å². The smallest absolute Gasteiger partial charge is 0.292 e. The Labute approximate surface area is 227 Å². The molecule has 0 radical (unpaired) electrons. The van der Waals surface area contributed by atoms with E-state index in [1.165, 1.54) is 36.4 Å². The van der Waals surface area contributed by atoms with Crippen molar-refractivity contribution in [1.82, 2.24) is 0 Å². The first kappa shape index (κ1) is 27.2. The number of carbonyl (C=O) groups is 3. The van der Waals surface area contributed by atoms with Gasteiger partial charge in [-0.15, -0.1) is 0 Å². The van der Waals surface area contributed by atoms with Crippen LogP contribution in [0.4, 0.5) is 5.69 Å². The van der Waals surface area contributed by atoms with E-state index < -0.39 is 32.8 Å². The number of hydrogen-bond donors (Lipinski definition) is 2. The third-order valence-electron chi connectivity index (χ3n) is 5.76. The molecule has 0 aliphatic carbocycles. The molecule has 3 aromatic rings. The maximum Gasteiger partial charge on any atom is 0.292 e. The Morgan fingerprint density at radius 2 is 1.55 bits per heavy atom. The quantitative estimate of drug-likeness (QED) is 0.264. The molecule has 1 heterocycles. The molecular weight excluding hydrogens is 574 g/mol. The fraction of sp³-hybridized carbons (Fsp3) is 0.148. The van der Waals surface area contributed by atoms with Crippen LogP contribution in [0.15, 0.2) is 93.5 Å². The molecule has 0 fully saturated rings. The molecule has 38 heavy (non-hydrogen) atoms. The van der Waals surface area contributed by atoms with Gasteiger partial charge >= 0.3 is 0 Å². The largest absolute Gasteiger partial charge is 0.319 e. The van der Waals surface area contributed by atoms with Gasteiger partial charge in [0.25, 0.3) is 16.0 Å². The predicted molar refractivity (Wildman–Crippen MR) is 147 cm³/mol. The first-order valence-corrected chi connectivity index (χ1v) is 13.7. The van der Waals surface area contributed by atoms with Crippen LogP contribution in [0.5, 0.6) is 0 Å². The summed E-state index contributed by atoms with van der Waals surface area (Å²) >= 11 is 3.37. The van der Waals surface area contributed by atoms with E-state index in [1.54, 1.807) is 18.2 Å². The van der Waals surface area contributed by atoms with Gasteiger partial charge in [-0.05, 0) is 41.0 Å². The van der Waals surface area contributed by atoms with Crippen molar-refractivity contribution in [2.75, 3.05) is 5.32 Å². The zero-order valence-electron chi connectivity index (χ0n) is 19.9. The van der Waals surface area contributed by atoms with Gasteiger partial charge in [0.15, 0.2) is 11.0 Å². The van der Waals surface area contributed by atoms with Crippen molar-refractivity contribution in [2.24, 2.45) is 10.2 Å². The molecule has 2 N–H and O–H groups in total. The van der Waals surface area contributed by atoms with E-state index in [2.05, 4.69) is 31.4 Å². The van der Waals surface area contributed by atoms with Crippen LogP contribution in [0.3, 0.4) is 0 Å². The Morgan fingerprint density at radius 1 is 0.895 bits per heavy atom. The maximum absolute atomic E-state index is 12.7. The molecule has 0 bridgehead atoms. The van der Waals surface area contributed by atoms with Crippen molar-refractivity contribution >= 4 is 60.6 Å². The van der Waals surface area contributed by atoms with Gasteiger partial charge in [0.05, 0.1) is 17.8 Å². The normalized spacial score (nSPS) is 13.8. The summed E-state index contributed by atoms with van der Waals surface area (Å²) < 4.78 is 34.3. The molecule has 3 aromatic carbocycles. The fourth-order valence-electron chi connectivity index (χ4n) is 3.91. The van der Waals surface area contributed by atoms with E-state index in [9.17, 15) is 27.4 Å². The minimum atomic E-state index is -4.67. The highest BCUT2D eigenvalue weighted by molar-refractivity contribution is 9.10. The number of halogens is 1. The molecular formula is C27H22BrN3O6S. The van der Waals surface area contributed by atoms with Crippen molar-refractivity contribution in [1.29, 1.82) is 0 Å². The highest BCUT2D eigenvalue weighted by atomic mass is 79.9. The van der Waals surface area contributed by atoms with Gasteiger partial charge in [-0.25, -0.2) is 0 Å². The zero-order valence-corrected chi connectivity index (χ0v) is 22.3. The van der Waals surface area contributed by atoms with Crippen LogP contribution in [-0.4, -0.2) is 41.9 Å². The lowest BCUT2D eigenvalue weighted by Gasteiger charge is -2.13. The van der Waals surface area contributed by atoms with Gasteiger partial charge in [0.2, 0.25) is 5.78 Å². The number of ketones is 2. The number of rotatable bonds is 10. The molecule has 194 valence electrons. The molecule has 11 heteroatoms. The van der Waals surface area contributed by atoms with Crippen molar-refractivity contribution in [3.8, 4) is 0 Å². The summed E-state index contributed by atoms with van der Waals surface area (Å²) in [5, 5.41) is 8.97. The number of anilines is 1. The van der Waals surface area contributed by atoms with Crippen molar-refractivity contribution in [2.45, 2.75) is 24.5 Å². The van der Waals surface area contributed by atoms with Crippen LogP contribution in [0, 0.1) is 0 Å². The number of hydrogen-bond acceptors (Lipinski definition) is 7. The van der Waals surface area contributed by atoms with Crippen LogP contribution in [0.1, 0.15) is 34.8 Å². The molecule has 1 amide bonds. The number of nitrogens with zero attached hydrogens (tertiary/aromatic N) is 2. The van der Waals surface area contributed by atoms with Crippen molar-refractivity contribution in [3.05, 3.63) is 100 Å². The van der Waals surface area contributed by atoms with E-state index in [4.69, 9.17) is 0 Å². The second-order valence-corrected chi connectivity index (χ2v) is 11.0. The van der Waals surface area contributed by atoms with E-state index in [0.29, 0.717) is 29.1 Å². The summed E-state index contributed by atoms with van der Waals surface area (Å²) in [6, 6.07) is 21.3. The summed E-state index contributed by atoms with van der Waals surface area (Å²) in [6.45, 7) is 0. The highest BCUT2D eigenvalue weighted by Crippen LogP contribution is 2.25. The average molecular weight is 596 g/mol. The number of amides is 1. The summed E-state index contributed by atoms with van der Waals surface area (Å²) in [5.41, 5.74) is 3.06.